The Labute approximate surface area is 191 Å². The van der Waals surface area contributed by atoms with Crippen LogP contribution < -0.4 is 4.90 Å². The number of rotatable bonds is 3. The number of anilines is 1. The molecule has 1 saturated heterocycles. The van der Waals surface area contributed by atoms with Crippen LogP contribution in [0.25, 0.3) is 22.0 Å². The Morgan fingerprint density at radius 2 is 1.79 bits per heavy atom. The van der Waals surface area contributed by atoms with Crippen molar-refractivity contribution in [3.05, 3.63) is 84.2 Å². The summed E-state index contributed by atoms with van der Waals surface area (Å²) in [5.41, 5.74) is 2.96. The molecule has 3 heterocycles. The van der Waals surface area contributed by atoms with Gasteiger partial charge in [-0.2, -0.15) is 5.26 Å². The monoisotopic (exact) mass is 434 g/mol. The fraction of sp³-hybridized carbons (Fsp3) is 0.192. The highest BCUT2D eigenvalue weighted by Gasteiger charge is 2.29. The van der Waals surface area contributed by atoms with Gasteiger partial charge in [-0.25, -0.2) is 0 Å². The van der Waals surface area contributed by atoms with Crippen molar-refractivity contribution in [2.75, 3.05) is 24.5 Å². The first kappa shape index (κ1) is 20.6. The number of hydrogen-bond acceptors (Lipinski definition) is 6. The van der Waals surface area contributed by atoms with Gasteiger partial charge in [-0.1, -0.05) is 30.3 Å². The summed E-state index contributed by atoms with van der Waals surface area (Å²) in [6, 6.07) is 20.9. The molecule has 0 spiro atoms. The number of piperazine rings is 1. The van der Waals surface area contributed by atoms with Crippen molar-refractivity contribution in [1.82, 2.24) is 20.1 Å². The number of nitrogens with zero attached hydrogens (tertiary/aromatic N) is 6. The molecule has 0 aliphatic carbocycles. The van der Waals surface area contributed by atoms with E-state index in [0.717, 1.165) is 27.8 Å². The van der Waals surface area contributed by atoms with E-state index in [2.05, 4.69) is 33.1 Å². The molecule has 0 bridgehead atoms. The van der Waals surface area contributed by atoms with Crippen LogP contribution in [0.15, 0.2) is 73.1 Å². The van der Waals surface area contributed by atoms with Crippen LogP contribution in [-0.4, -0.2) is 51.7 Å². The number of pyridine rings is 1. The third-order valence-corrected chi connectivity index (χ3v) is 6.06. The van der Waals surface area contributed by atoms with E-state index in [4.69, 9.17) is 5.26 Å². The van der Waals surface area contributed by atoms with Crippen molar-refractivity contribution in [2.45, 2.75) is 13.0 Å². The molecule has 1 aliphatic rings. The van der Waals surface area contributed by atoms with E-state index in [0.29, 0.717) is 30.8 Å². The summed E-state index contributed by atoms with van der Waals surface area (Å²) in [5.74, 6) is 0.825. The van der Waals surface area contributed by atoms with Gasteiger partial charge in [0.05, 0.1) is 11.6 Å². The van der Waals surface area contributed by atoms with Crippen LogP contribution >= 0.6 is 0 Å². The van der Waals surface area contributed by atoms with Crippen LogP contribution in [0.5, 0.6) is 0 Å². The Morgan fingerprint density at radius 1 is 1.00 bits per heavy atom. The second-order valence-corrected chi connectivity index (χ2v) is 8.14. The van der Waals surface area contributed by atoms with Gasteiger partial charge in [-0.15, -0.1) is 10.2 Å². The third kappa shape index (κ3) is 3.87. The van der Waals surface area contributed by atoms with Gasteiger partial charge < -0.3 is 9.80 Å². The Balaban J connectivity index is 1.45. The molecule has 33 heavy (non-hydrogen) atoms. The first-order valence-corrected chi connectivity index (χ1v) is 10.9. The van der Waals surface area contributed by atoms with Gasteiger partial charge in [0.1, 0.15) is 5.69 Å². The zero-order chi connectivity index (χ0) is 22.8. The lowest BCUT2D eigenvalue weighted by Crippen LogP contribution is -2.54. The summed E-state index contributed by atoms with van der Waals surface area (Å²) < 4.78 is 0. The predicted octanol–water partition coefficient (Wildman–Crippen LogP) is 3.91. The van der Waals surface area contributed by atoms with Crippen molar-refractivity contribution >= 4 is 22.5 Å². The minimum atomic E-state index is 0.0517. The van der Waals surface area contributed by atoms with Gasteiger partial charge in [-0.3, -0.25) is 9.78 Å². The molecular weight excluding hydrogens is 412 g/mol. The predicted molar refractivity (Wildman–Crippen MR) is 127 cm³/mol. The van der Waals surface area contributed by atoms with Crippen LogP contribution in [0.1, 0.15) is 22.8 Å². The molecule has 1 unspecified atom stereocenters. The maximum absolute atomic E-state index is 12.9. The molecule has 7 heteroatoms. The molecule has 2 aromatic heterocycles. The Morgan fingerprint density at radius 3 is 2.52 bits per heavy atom. The second kappa shape index (κ2) is 8.67. The molecule has 162 valence electrons. The minimum Gasteiger partial charge on any atom is -0.348 e. The molecule has 1 fully saturated rings. The quantitative estimate of drug-likeness (QED) is 0.486. The van der Waals surface area contributed by atoms with Crippen molar-refractivity contribution in [3.63, 3.8) is 0 Å². The van der Waals surface area contributed by atoms with E-state index in [1.807, 2.05) is 59.6 Å². The molecule has 0 N–H and O–H groups in total. The summed E-state index contributed by atoms with van der Waals surface area (Å²) in [7, 11) is 0. The molecule has 2 aromatic carbocycles. The van der Waals surface area contributed by atoms with E-state index in [1.165, 1.54) is 0 Å². The molecular formula is C26H22N6O. The molecule has 0 saturated carbocycles. The van der Waals surface area contributed by atoms with Crippen LogP contribution in [0, 0.1) is 11.3 Å². The molecule has 4 aromatic rings. The maximum Gasteiger partial charge on any atom is 0.253 e. The van der Waals surface area contributed by atoms with Gasteiger partial charge in [0.15, 0.2) is 5.82 Å². The number of fused-ring (bicyclic) bond motifs is 1. The molecule has 1 amide bonds. The maximum atomic E-state index is 12.9. The van der Waals surface area contributed by atoms with Crippen LogP contribution in [0.2, 0.25) is 0 Å². The zero-order valence-corrected chi connectivity index (χ0v) is 18.2. The van der Waals surface area contributed by atoms with Gasteiger partial charge in [0.25, 0.3) is 5.91 Å². The highest BCUT2D eigenvalue weighted by Crippen LogP contribution is 2.32. The van der Waals surface area contributed by atoms with E-state index >= 15 is 0 Å². The largest absolute Gasteiger partial charge is 0.348 e. The van der Waals surface area contributed by atoms with Crippen molar-refractivity contribution < 1.29 is 4.79 Å². The Kier molecular flexibility index (Phi) is 5.41. The number of hydrogen-bond donors (Lipinski definition) is 0. The Bertz CT molecular complexity index is 1350. The average Bonchev–Trinajstić information content (AvgIpc) is 2.88. The molecule has 0 radical (unpaired) electrons. The van der Waals surface area contributed by atoms with Gasteiger partial charge in [-0.05, 0) is 37.3 Å². The Hall–Kier alpha value is -4.31. The summed E-state index contributed by atoms with van der Waals surface area (Å²) in [6.45, 7) is 3.98. The first-order valence-electron chi connectivity index (χ1n) is 10.9. The number of amides is 1. The fourth-order valence-electron chi connectivity index (χ4n) is 4.33. The molecule has 1 atom stereocenters. The normalized spacial score (nSPS) is 15.9. The minimum absolute atomic E-state index is 0.0517. The summed E-state index contributed by atoms with van der Waals surface area (Å²) in [6.07, 6.45) is 3.57. The average molecular weight is 435 g/mol. The lowest BCUT2D eigenvalue weighted by atomic mass is 10.0. The number of aromatic nitrogens is 3. The SMILES string of the molecule is CC1CN(C(=O)c2ccccc2)CCN1c1nnc(-c2ccc(C#N)cc2)c2ccncc12. The van der Waals surface area contributed by atoms with Crippen LogP contribution in [0.4, 0.5) is 5.82 Å². The zero-order valence-electron chi connectivity index (χ0n) is 18.2. The van der Waals surface area contributed by atoms with Gasteiger partial charge >= 0.3 is 0 Å². The highest BCUT2D eigenvalue weighted by atomic mass is 16.2. The van der Waals surface area contributed by atoms with Crippen LogP contribution in [-0.2, 0) is 0 Å². The van der Waals surface area contributed by atoms with E-state index in [-0.39, 0.29) is 11.9 Å². The molecule has 1 aliphatic heterocycles. The van der Waals surface area contributed by atoms with Crippen molar-refractivity contribution in [3.8, 4) is 17.3 Å². The number of benzene rings is 2. The number of nitriles is 1. The summed E-state index contributed by atoms with van der Waals surface area (Å²) >= 11 is 0. The molecule has 7 nitrogen and oxygen atoms in total. The lowest BCUT2D eigenvalue weighted by molar-refractivity contribution is 0.0726. The topological polar surface area (TPSA) is 86.0 Å². The summed E-state index contributed by atoms with van der Waals surface area (Å²) in [4.78, 5) is 21.3. The van der Waals surface area contributed by atoms with Crippen LogP contribution in [0.3, 0.4) is 0 Å². The first-order chi connectivity index (χ1) is 16.2. The second-order valence-electron chi connectivity index (χ2n) is 8.14. The van der Waals surface area contributed by atoms with Crippen molar-refractivity contribution in [1.29, 1.82) is 5.26 Å². The van der Waals surface area contributed by atoms with Crippen molar-refractivity contribution in [2.24, 2.45) is 0 Å². The number of carbonyl (C=O) groups excluding carboxylic acids is 1. The lowest BCUT2D eigenvalue weighted by Gasteiger charge is -2.40. The van der Waals surface area contributed by atoms with Gasteiger partial charge in [0.2, 0.25) is 0 Å². The van der Waals surface area contributed by atoms with E-state index in [9.17, 15) is 4.79 Å². The van der Waals surface area contributed by atoms with E-state index in [1.54, 1.807) is 18.3 Å². The number of carbonyl (C=O) groups is 1. The molecule has 5 rings (SSSR count). The van der Waals surface area contributed by atoms with Gasteiger partial charge in [0, 0.05) is 60.0 Å². The van der Waals surface area contributed by atoms with E-state index < -0.39 is 0 Å². The summed E-state index contributed by atoms with van der Waals surface area (Å²) in [5, 5.41) is 20.1. The fourth-order valence-corrected chi connectivity index (χ4v) is 4.33. The highest BCUT2D eigenvalue weighted by molar-refractivity contribution is 6.00. The standard InChI is InChI=1S/C26H22N6O/c1-18-17-31(26(33)21-5-3-2-4-6-21)13-14-32(18)25-23-16-28-12-11-22(23)24(29-30-25)20-9-7-19(15-27)8-10-20/h2-12,16,18H,13-14,17H2,1H3. The third-order valence-electron chi connectivity index (χ3n) is 6.06. The smallest absolute Gasteiger partial charge is 0.253 e.